The molecular weight excluding hydrogens is 357 g/mol. The van der Waals surface area contributed by atoms with Gasteiger partial charge in [-0.25, -0.2) is 4.98 Å². The summed E-state index contributed by atoms with van der Waals surface area (Å²) in [6.07, 6.45) is 0.939. The van der Waals surface area contributed by atoms with Crippen molar-refractivity contribution < 1.29 is 17.9 Å². The molecule has 2 aromatic heterocycles. The highest BCUT2D eigenvalue weighted by Gasteiger charge is 2.54. The van der Waals surface area contributed by atoms with E-state index in [1.807, 2.05) is 10.7 Å². The first-order valence-electron chi connectivity index (χ1n) is 9.29. The van der Waals surface area contributed by atoms with Crippen LogP contribution in [0, 0.1) is 11.8 Å². The van der Waals surface area contributed by atoms with Gasteiger partial charge in [-0.1, -0.05) is 6.42 Å². The lowest BCUT2D eigenvalue weighted by atomic mass is 10.1. The number of hydrogen-bond acceptors (Lipinski definition) is 4. The molecule has 0 aromatic carbocycles. The van der Waals surface area contributed by atoms with E-state index in [0.29, 0.717) is 17.2 Å². The number of rotatable bonds is 5. The van der Waals surface area contributed by atoms with Gasteiger partial charge in [-0.15, -0.1) is 0 Å². The van der Waals surface area contributed by atoms with Crippen molar-refractivity contribution in [3.8, 4) is 17.0 Å². The molecule has 2 fully saturated rings. The summed E-state index contributed by atoms with van der Waals surface area (Å²) >= 11 is 0. The number of ether oxygens (including phenoxy) is 1. The van der Waals surface area contributed by atoms with Crippen LogP contribution < -0.4 is 10.5 Å². The molecule has 5 nitrogen and oxygen atoms in total. The van der Waals surface area contributed by atoms with Crippen LogP contribution in [0.15, 0.2) is 18.3 Å². The Balaban J connectivity index is 1.63. The number of pyridine rings is 1. The number of aromatic nitrogens is 3. The Hall–Kier alpha value is -2.25. The van der Waals surface area contributed by atoms with Crippen molar-refractivity contribution in [1.29, 1.82) is 0 Å². The first-order chi connectivity index (χ1) is 12.7. The molecule has 0 aliphatic heterocycles. The maximum Gasteiger partial charge on any atom is 0.422 e. The molecule has 2 aliphatic carbocycles. The summed E-state index contributed by atoms with van der Waals surface area (Å²) in [7, 11) is 0. The first kappa shape index (κ1) is 18.1. The minimum Gasteiger partial charge on any atom is -0.480 e. The van der Waals surface area contributed by atoms with Crippen molar-refractivity contribution in [3.63, 3.8) is 0 Å². The molecule has 4 rings (SSSR count). The van der Waals surface area contributed by atoms with E-state index in [4.69, 9.17) is 15.6 Å². The van der Waals surface area contributed by atoms with Crippen molar-refractivity contribution in [2.75, 3.05) is 12.3 Å². The van der Waals surface area contributed by atoms with Crippen molar-refractivity contribution in [2.45, 2.75) is 51.2 Å². The monoisotopic (exact) mass is 380 g/mol. The quantitative estimate of drug-likeness (QED) is 0.826. The number of nitrogens with zero attached hydrogens (tertiary/aromatic N) is 3. The van der Waals surface area contributed by atoms with Gasteiger partial charge < -0.3 is 10.5 Å². The number of halogens is 3. The minimum atomic E-state index is -4.43. The summed E-state index contributed by atoms with van der Waals surface area (Å²) in [6, 6.07) is 3.74. The molecule has 3 atom stereocenters. The van der Waals surface area contributed by atoms with Gasteiger partial charge in [0.25, 0.3) is 0 Å². The lowest BCUT2D eigenvalue weighted by Gasteiger charge is -2.12. The number of alkyl halides is 3. The molecule has 27 heavy (non-hydrogen) atoms. The maximum absolute atomic E-state index is 12.4. The molecule has 0 radical (unpaired) electrons. The van der Waals surface area contributed by atoms with Crippen LogP contribution in [0.4, 0.5) is 19.0 Å². The summed E-state index contributed by atoms with van der Waals surface area (Å²) < 4.78 is 44.2. The zero-order chi connectivity index (χ0) is 19.3. The third kappa shape index (κ3) is 3.49. The summed E-state index contributed by atoms with van der Waals surface area (Å²) in [5.41, 5.74) is 8.18. The molecule has 0 amide bonds. The van der Waals surface area contributed by atoms with Crippen molar-refractivity contribution >= 4 is 5.82 Å². The first-order valence-corrected chi connectivity index (χ1v) is 9.29. The van der Waals surface area contributed by atoms with Crippen LogP contribution in [0.3, 0.4) is 0 Å². The fourth-order valence-electron chi connectivity index (χ4n) is 4.34. The molecule has 8 heteroatoms. The Labute approximate surface area is 155 Å². The van der Waals surface area contributed by atoms with E-state index in [0.717, 1.165) is 11.8 Å². The zero-order valence-electron chi connectivity index (χ0n) is 15.3. The summed E-state index contributed by atoms with van der Waals surface area (Å²) in [6.45, 7) is 2.76. The summed E-state index contributed by atoms with van der Waals surface area (Å²) in [5.74, 6) is 1.91. The average molecular weight is 380 g/mol. The smallest absolute Gasteiger partial charge is 0.422 e. The Bertz CT molecular complexity index is 836. The maximum atomic E-state index is 12.4. The second-order valence-corrected chi connectivity index (χ2v) is 7.79. The molecule has 2 N–H and O–H groups in total. The highest BCUT2D eigenvalue weighted by atomic mass is 19.4. The van der Waals surface area contributed by atoms with Gasteiger partial charge in [0.05, 0.1) is 5.69 Å². The SMILES string of the molecule is CC(C)n1nc(-c2cnc(N)c(OCC(F)(F)F)c2)cc1[C@H]1[C@@H]2CCC[C@@H]21. The summed E-state index contributed by atoms with van der Waals surface area (Å²) in [5, 5.41) is 4.71. The third-order valence-electron chi connectivity index (χ3n) is 5.57. The molecule has 2 heterocycles. The highest BCUT2D eigenvalue weighted by Crippen LogP contribution is 2.63. The van der Waals surface area contributed by atoms with E-state index < -0.39 is 12.8 Å². The third-order valence-corrected chi connectivity index (χ3v) is 5.57. The van der Waals surface area contributed by atoms with Gasteiger partial charge in [0.15, 0.2) is 18.2 Å². The molecule has 0 bridgehead atoms. The Morgan fingerprint density at radius 2 is 1.96 bits per heavy atom. The molecule has 0 spiro atoms. The Morgan fingerprint density at radius 1 is 1.26 bits per heavy atom. The van der Waals surface area contributed by atoms with Gasteiger partial charge in [-0.3, -0.25) is 4.68 Å². The molecule has 146 valence electrons. The molecule has 2 saturated carbocycles. The minimum absolute atomic E-state index is 0.0664. The van der Waals surface area contributed by atoms with Crippen LogP contribution in [0.2, 0.25) is 0 Å². The van der Waals surface area contributed by atoms with Gasteiger partial charge in [0.1, 0.15) is 0 Å². The van der Waals surface area contributed by atoms with E-state index in [1.165, 1.54) is 37.2 Å². The molecule has 2 aromatic rings. The lowest BCUT2D eigenvalue weighted by molar-refractivity contribution is -0.153. The predicted molar refractivity (Wildman–Crippen MR) is 95.4 cm³/mol. The van der Waals surface area contributed by atoms with Gasteiger partial charge in [0.2, 0.25) is 0 Å². The second-order valence-electron chi connectivity index (χ2n) is 7.79. The van der Waals surface area contributed by atoms with Crippen LogP contribution in [0.1, 0.15) is 50.8 Å². The fraction of sp³-hybridized carbons (Fsp3) is 0.579. The number of nitrogens with two attached hydrogens (primary N) is 1. The van der Waals surface area contributed by atoms with Gasteiger partial charge in [-0.2, -0.15) is 18.3 Å². The number of fused-ring (bicyclic) bond motifs is 1. The van der Waals surface area contributed by atoms with E-state index in [1.54, 1.807) is 0 Å². The number of hydrogen-bond donors (Lipinski definition) is 1. The number of anilines is 1. The zero-order valence-corrected chi connectivity index (χ0v) is 15.3. The Morgan fingerprint density at radius 3 is 2.59 bits per heavy atom. The fourth-order valence-corrected chi connectivity index (χ4v) is 4.34. The van der Waals surface area contributed by atoms with Crippen molar-refractivity contribution in [2.24, 2.45) is 11.8 Å². The highest BCUT2D eigenvalue weighted by molar-refractivity contribution is 5.64. The van der Waals surface area contributed by atoms with Gasteiger partial charge >= 0.3 is 6.18 Å². The predicted octanol–water partition coefficient (Wildman–Crippen LogP) is 4.56. The van der Waals surface area contributed by atoms with Crippen LogP contribution >= 0.6 is 0 Å². The van der Waals surface area contributed by atoms with E-state index in [2.05, 4.69) is 18.8 Å². The average Bonchev–Trinajstić information content (AvgIpc) is 2.98. The van der Waals surface area contributed by atoms with Gasteiger partial charge in [-0.05, 0) is 50.7 Å². The molecular formula is C19H23F3N4O. The van der Waals surface area contributed by atoms with E-state index in [-0.39, 0.29) is 17.6 Å². The summed E-state index contributed by atoms with van der Waals surface area (Å²) in [4.78, 5) is 3.99. The Kier molecular flexibility index (Phi) is 4.31. The van der Waals surface area contributed by atoms with Crippen LogP contribution in [-0.4, -0.2) is 27.5 Å². The van der Waals surface area contributed by atoms with E-state index >= 15 is 0 Å². The molecule has 2 aliphatic rings. The lowest BCUT2D eigenvalue weighted by Crippen LogP contribution is -2.19. The van der Waals surface area contributed by atoms with E-state index in [9.17, 15) is 13.2 Å². The second kappa shape index (κ2) is 6.42. The van der Waals surface area contributed by atoms with Crippen molar-refractivity contribution in [1.82, 2.24) is 14.8 Å². The standard InChI is InChI=1S/C19H23F3N4O/c1-10(2)26-15(17-12-4-3-5-13(12)17)7-14(25-26)11-6-16(18(23)24-8-11)27-9-19(20,21)22/h6-8,10,12-13,17H,3-5,9H2,1-2H3,(H2,23,24)/t12-,13+,17+. The van der Waals surface area contributed by atoms with Crippen LogP contribution in [0.5, 0.6) is 5.75 Å². The van der Waals surface area contributed by atoms with Crippen LogP contribution in [-0.2, 0) is 0 Å². The number of nitrogen functional groups attached to an aromatic ring is 1. The largest absolute Gasteiger partial charge is 0.480 e. The van der Waals surface area contributed by atoms with Crippen molar-refractivity contribution in [3.05, 3.63) is 24.0 Å². The molecule has 0 saturated heterocycles. The van der Waals surface area contributed by atoms with Crippen LogP contribution in [0.25, 0.3) is 11.3 Å². The molecule has 0 unspecified atom stereocenters. The van der Waals surface area contributed by atoms with Gasteiger partial charge in [0, 0.05) is 29.4 Å². The normalized spacial score (nSPS) is 24.3. The topological polar surface area (TPSA) is 66.0 Å².